The predicted octanol–water partition coefficient (Wildman–Crippen LogP) is 4.98. The minimum atomic E-state index is -0.878. The van der Waals surface area contributed by atoms with E-state index in [1.54, 1.807) is 16.9 Å². The summed E-state index contributed by atoms with van der Waals surface area (Å²) < 4.78 is 36.8. The Hall–Kier alpha value is -2.90. The molecule has 10 heteroatoms. The minimum Gasteiger partial charge on any atom is -0.474 e. The second-order valence-electron chi connectivity index (χ2n) is 10.3. The smallest absolute Gasteiger partial charge is 0.278 e. The Morgan fingerprint density at radius 1 is 1.03 bits per heavy atom. The third kappa shape index (κ3) is 3.40. The van der Waals surface area contributed by atoms with Crippen molar-refractivity contribution in [1.82, 2.24) is 9.58 Å². The maximum absolute atomic E-state index is 15.3. The molecule has 1 aromatic heterocycles. The first-order valence-electron chi connectivity index (χ1n) is 12.3. The van der Waals surface area contributed by atoms with E-state index in [0.717, 1.165) is 36.1 Å². The summed E-state index contributed by atoms with van der Waals surface area (Å²) in [6, 6.07) is 11.6. The molecular weight excluding hydrogens is 515 g/mol. The van der Waals surface area contributed by atoms with Crippen LogP contribution in [0.1, 0.15) is 58.9 Å². The summed E-state index contributed by atoms with van der Waals surface area (Å²) in [4.78, 5) is 29.4. The Morgan fingerprint density at radius 2 is 1.84 bits per heavy atom. The number of pyridine rings is 1. The van der Waals surface area contributed by atoms with Crippen molar-refractivity contribution in [2.24, 2.45) is 5.41 Å². The summed E-state index contributed by atoms with van der Waals surface area (Å²) in [6.07, 6.45) is 5.19. The first kappa shape index (κ1) is 23.2. The van der Waals surface area contributed by atoms with Crippen LogP contribution in [-0.4, -0.2) is 28.2 Å². The number of amides is 1. The summed E-state index contributed by atoms with van der Waals surface area (Å²) in [5.74, 6) is -1.74. The Labute approximate surface area is 218 Å². The molecule has 1 unspecified atom stereocenters. The van der Waals surface area contributed by atoms with Gasteiger partial charge in [0, 0.05) is 35.0 Å². The summed E-state index contributed by atoms with van der Waals surface area (Å²) >= 11 is 1.48. The number of rotatable bonds is 2. The molecule has 37 heavy (non-hydrogen) atoms. The molecule has 7 rings (SSSR count). The van der Waals surface area contributed by atoms with E-state index in [1.807, 2.05) is 29.2 Å². The number of carbonyl (C=O) groups is 1. The van der Waals surface area contributed by atoms with Crippen molar-refractivity contribution in [2.75, 3.05) is 11.6 Å². The van der Waals surface area contributed by atoms with Crippen molar-refractivity contribution in [3.05, 3.63) is 92.9 Å². The molecule has 2 fully saturated rings. The van der Waals surface area contributed by atoms with Crippen molar-refractivity contribution in [3.63, 3.8) is 0 Å². The van der Waals surface area contributed by atoms with Gasteiger partial charge in [0.1, 0.15) is 6.17 Å². The SMILES string of the molecule is O=C1c2c(OP)c(=O)ccn2N([C@@H]2c3ccccc3SCc3c2ccc(F)c3F)[C@@H]2CC3(CCN12)CC3. The van der Waals surface area contributed by atoms with Crippen LogP contribution in [0, 0.1) is 17.0 Å². The molecule has 3 aliphatic heterocycles. The zero-order chi connectivity index (χ0) is 25.5. The fourth-order valence-electron chi connectivity index (χ4n) is 6.25. The number of benzene rings is 2. The Morgan fingerprint density at radius 3 is 2.62 bits per heavy atom. The van der Waals surface area contributed by atoms with Crippen molar-refractivity contribution in [2.45, 2.75) is 48.5 Å². The topological polar surface area (TPSA) is 54.8 Å². The number of nitrogens with zero attached hydrogens (tertiary/aromatic N) is 3. The molecule has 4 heterocycles. The lowest BCUT2D eigenvalue weighted by molar-refractivity contribution is 0.0350. The lowest BCUT2D eigenvalue weighted by Gasteiger charge is -2.53. The Bertz CT molecular complexity index is 1530. The van der Waals surface area contributed by atoms with Gasteiger partial charge in [-0.25, -0.2) is 8.78 Å². The quantitative estimate of drug-likeness (QED) is 0.430. The van der Waals surface area contributed by atoms with Crippen LogP contribution < -0.4 is 15.0 Å². The first-order valence-corrected chi connectivity index (χ1v) is 13.8. The van der Waals surface area contributed by atoms with Crippen LogP contribution in [0.5, 0.6) is 5.75 Å². The number of fused-ring (bicyclic) bond motifs is 4. The number of thioether (sulfide) groups is 1. The van der Waals surface area contributed by atoms with E-state index in [4.69, 9.17) is 4.52 Å². The number of carbonyl (C=O) groups excluding carboxylic acids is 1. The number of piperidine rings is 1. The van der Waals surface area contributed by atoms with Gasteiger partial charge in [-0.2, -0.15) is 0 Å². The average Bonchev–Trinajstić information content (AvgIpc) is 3.68. The molecule has 1 aliphatic carbocycles. The summed E-state index contributed by atoms with van der Waals surface area (Å²) in [5, 5.41) is 2.09. The molecular formula is C27H24F2N3O3PS. The van der Waals surface area contributed by atoms with E-state index in [0.29, 0.717) is 17.7 Å². The largest absolute Gasteiger partial charge is 0.474 e. The van der Waals surface area contributed by atoms with E-state index >= 15 is 4.39 Å². The first-order chi connectivity index (χ1) is 17.9. The predicted molar refractivity (Wildman–Crippen MR) is 139 cm³/mol. The van der Waals surface area contributed by atoms with E-state index in [9.17, 15) is 14.0 Å². The van der Waals surface area contributed by atoms with Gasteiger partial charge in [0.2, 0.25) is 11.2 Å². The number of aromatic nitrogens is 1. The standard InChI is InChI=1S/C27H24F2N3O3PS/c28-18-6-5-15-17(22(18)29)14-37-20-4-2-1-3-16(20)23(15)32-21-13-27(8-9-27)10-12-30(21)26(34)24-25(35-36)19(33)7-11-31(24)32/h1-7,11,21,23H,8-10,12-14,36H2/t21-,23+/m1/s1. The van der Waals surface area contributed by atoms with Gasteiger partial charge in [-0.1, -0.05) is 24.3 Å². The van der Waals surface area contributed by atoms with Crippen molar-refractivity contribution in [3.8, 4) is 5.75 Å². The van der Waals surface area contributed by atoms with E-state index in [1.165, 1.54) is 23.9 Å². The van der Waals surface area contributed by atoms with Crippen molar-refractivity contribution >= 4 is 27.1 Å². The van der Waals surface area contributed by atoms with Gasteiger partial charge in [-0.3, -0.25) is 19.3 Å². The van der Waals surface area contributed by atoms with Crippen molar-refractivity contribution in [1.29, 1.82) is 0 Å². The second kappa shape index (κ2) is 8.30. The molecule has 190 valence electrons. The summed E-state index contributed by atoms with van der Waals surface area (Å²) in [7, 11) is 2.08. The highest BCUT2D eigenvalue weighted by molar-refractivity contribution is 7.98. The maximum Gasteiger partial charge on any atom is 0.278 e. The van der Waals surface area contributed by atoms with Gasteiger partial charge in [-0.05, 0) is 54.4 Å². The van der Waals surface area contributed by atoms with Gasteiger partial charge in [0.05, 0.1) is 15.5 Å². The maximum atomic E-state index is 15.3. The van der Waals surface area contributed by atoms with Gasteiger partial charge < -0.3 is 9.42 Å². The number of halogens is 2. The van der Waals surface area contributed by atoms with Crippen LogP contribution in [0.25, 0.3) is 0 Å². The summed E-state index contributed by atoms with van der Waals surface area (Å²) in [6.45, 7) is 0.563. The summed E-state index contributed by atoms with van der Waals surface area (Å²) in [5.41, 5.74) is 1.85. The monoisotopic (exact) mass is 539 g/mol. The minimum absolute atomic E-state index is 0.0468. The lowest BCUT2D eigenvalue weighted by Crippen LogP contribution is -2.65. The van der Waals surface area contributed by atoms with E-state index in [2.05, 4.69) is 14.5 Å². The fraction of sp³-hybridized carbons (Fsp3) is 0.333. The second-order valence-corrected chi connectivity index (χ2v) is 11.5. The van der Waals surface area contributed by atoms with Crippen molar-refractivity contribution < 1.29 is 18.1 Å². The Kier molecular flexibility index (Phi) is 5.21. The molecule has 1 spiro atoms. The molecule has 3 aromatic rings. The van der Waals surface area contributed by atoms with E-state index < -0.39 is 23.1 Å². The highest BCUT2D eigenvalue weighted by Gasteiger charge is 2.54. The van der Waals surface area contributed by atoms with Crippen LogP contribution >= 0.6 is 21.2 Å². The van der Waals surface area contributed by atoms with Crippen LogP contribution in [0.4, 0.5) is 8.78 Å². The zero-order valence-corrected chi connectivity index (χ0v) is 21.8. The molecule has 1 amide bonds. The third-order valence-corrected chi connectivity index (χ3v) is 9.71. The lowest BCUT2D eigenvalue weighted by atomic mass is 9.87. The fourth-order valence-corrected chi connectivity index (χ4v) is 7.59. The highest BCUT2D eigenvalue weighted by Crippen LogP contribution is 2.57. The Balaban J connectivity index is 1.53. The number of hydrogen-bond acceptors (Lipinski definition) is 5. The van der Waals surface area contributed by atoms with Crippen LogP contribution in [-0.2, 0) is 5.75 Å². The van der Waals surface area contributed by atoms with Gasteiger partial charge >= 0.3 is 0 Å². The highest BCUT2D eigenvalue weighted by atomic mass is 32.2. The average molecular weight is 540 g/mol. The van der Waals surface area contributed by atoms with Gasteiger partial charge in [0.25, 0.3) is 5.91 Å². The van der Waals surface area contributed by atoms with Gasteiger partial charge in [0.15, 0.2) is 17.3 Å². The molecule has 1 saturated carbocycles. The molecule has 3 atom stereocenters. The molecule has 6 nitrogen and oxygen atoms in total. The van der Waals surface area contributed by atoms with Crippen LogP contribution in [0.3, 0.4) is 0 Å². The van der Waals surface area contributed by atoms with Crippen LogP contribution in [0.15, 0.2) is 58.4 Å². The van der Waals surface area contributed by atoms with Crippen LogP contribution in [0.2, 0.25) is 0 Å². The molecule has 0 radical (unpaired) electrons. The zero-order valence-electron chi connectivity index (χ0n) is 19.8. The normalized spacial score (nSPS) is 23.1. The third-order valence-electron chi connectivity index (χ3n) is 8.36. The van der Waals surface area contributed by atoms with Gasteiger partial charge in [-0.15, -0.1) is 11.8 Å². The molecule has 4 aliphatic rings. The molecule has 0 bridgehead atoms. The number of hydrogen-bond donors (Lipinski definition) is 0. The molecule has 1 saturated heterocycles. The molecule has 2 aromatic carbocycles. The van der Waals surface area contributed by atoms with E-state index in [-0.39, 0.29) is 34.7 Å². The molecule has 0 N–H and O–H groups in total.